The molecule has 2 aromatic rings. The average molecular weight is 229 g/mol. The summed E-state index contributed by atoms with van der Waals surface area (Å²) in [5, 5.41) is 0. The second-order valence-electron chi connectivity index (χ2n) is 3.51. The monoisotopic (exact) mass is 229 g/mol. The highest BCUT2D eigenvalue weighted by atomic mass is 16.5. The molecule has 0 spiro atoms. The van der Waals surface area contributed by atoms with Gasteiger partial charge in [-0.3, -0.25) is 9.59 Å². The molecule has 0 amide bonds. The third-order valence-corrected chi connectivity index (χ3v) is 2.48. The molecule has 0 aliphatic heterocycles. The van der Waals surface area contributed by atoms with Gasteiger partial charge in [-0.2, -0.15) is 0 Å². The maximum absolute atomic E-state index is 11.0. The Morgan fingerprint density at radius 1 is 1.24 bits per heavy atom. The SMILES string of the molecule is COc1ccc(-c2ccc(=O)[nH]c2)c(C=O)c1. The number of benzene rings is 1. The fourth-order valence-electron chi connectivity index (χ4n) is 1.61. The summed E-state index contributed by atoms with van der Waals surface area (Å²) >= 11 is 0. The first-order valence-electron chi connectivity index (χ1n) is 5.07. The van der Waals surface area contributed by atoms with Crippen molar-refractivity contribution in [3.63, 3.8) is 0 Å². The van der Waals surface area contributed by atoms with Crippen molar-refractivity contribution in [1.29, 1.82) is 0 Å². The van der Waals surface area contributed by atoms with Crippen molar-refractivity contribution < 1.29 is 9.53 Å². The first-order chi connectivity index (χ1) is 8.24. The standard InChI is InChI=1S/C13H11NO3/c1-17-11-3-4-12(10(6-11)8-15)9-2-5-13(16)14-7-9/h2-8H,1H3,(H,14,16). The number of nitrogens with one attached hydrogen (secondary N) is 1. The molecule has 0 radical (unpaired) electrons. The van der Waals surface area contributed by atoms with Gasteiger partial charge in [-0.1, -0.05) is 0 Å². The van der Waals surface area contributed by atoms with Gasteiger partial charge in [0.05, 0.1) is 7.11 Å². The first-order valence-corrected chi connectivity index (χ1v) is 5.07. The Hall–Kier alpha value is -2.36. The van der Waals surface area contributed by atoms with E-state index in [4.69, 9.17) is 4.74 Å². The number of H-pyrrole nitrogens is 1. The van der Waals surface area contributed by atoms with E-state index in [0.717, 1.165) is 17.4 Å². The highest BCUT2D eigenvalue weighted by Crippen LogP contribution is 2.25. The Labute approximate surface area is 97.9 Å². The maximum atomic E-state index is 11.0. The van der Waals surface area contributed by atoms with Gasteiger partial charge in [-0.25, -0.2) is 0 Å². The molecule has 2 rings (SSSR count). The lowest BCUT2D eigenvalue weighted by molar-refractivity contribution is 0.112. The van der Waals surface area contributed by atoms with Crippen LogP contribution in [0.5, 0.6) is 5.75 Å². The number of pyridine rings is 1. The molecular formula is C13H11NO3. The molecule has 0 bridgehead atoms. The van der Waals surface area contributed by atoms with Gasteiger partial charge in [0.25, 0.3) is 0 Å². The van der Waals surface area contributed by atoms with E-state index in [1.807, 2.05) is 0 Å². The fraction of sp³-hybridized carbons (Fsp3) is 0.0769. The highest BCUT2D eigenvalue weighted by Gasteiger charge is 2.06. The number of aldehydes is 1. The van der Waals surface area contributed by atoms with Gasteiger partial charge in [0.15, 0.2) is 6.29 Å². The molecule has 0 fully saturated rings. The second kappa shape index (κ2) is 4.65. The normalized spacial score (nSPS) is 9.94. The molecule has 86 valence electrons. The van der Waals surface area contributed by atoms with Crippen molar-refractivity contribution in [2.45, 2.75) is 0 Å². The molecule has 1 N–H and O–H groups in total. The number of carbonyl (C=O) groups excluding carboxylic acids is 1. The van der Waals surface area contributed by atoms with Crippen LogP contribution >= 0.6 is 0 Å². The van der Waals surface area contributed by atoms with Gasteiger partial charge in [0.1, 0.15) is 5.75 Å². The van der Waals surface area contributed by atoms with Gasteiger partial charge in [-0.15, -0.1) is 0 Å². The Kier molecular flexibility index (Phi) is 3.05. The molecule has 0 unspecified atom stereocenters. The largest absolute Gasteiger partial charge is 0.497 e. The number of hydrogen-bond donors (Lipinski definition) is 1. The van der Waals surface area contributed by atoms with Crippen LogP contribution < -0.4 is 10.3 Å². The van der Waals surface area contributed by atoms with Crippen molar-refractivity contribution >= 4 is 6.29 Å². The summed E-state index contributed by atoms with van der Waals surface area (Å²) in [7, 11) is 1.55. The third-order valence-electron chi connectivity index (χ3n) is 2.48. The van der Waals surface area contributed by atoms with Crippen LogP contribution in [0.1, 0.15) is 10.4 Å². The molecule has 0 saturated carbocycles. The Morgan fingerprint density at radius 3 is 2.65 bits per heavy atom. The van der Waals surface area contributed by atoms with E-state index in [1.54, 1.807) is 37.6 Å². The number of carbonyl (C=O) groups is 1. The summed E-state index contributed by atoms with van der Waals surface area (Å²) in [6.07, 6.45) is 2.35. The Balaban J connectivity index is 2.54. The minimum Gasteiger partial charge on any atom is -0.497 e. The van der Waals surface area contributed by atoms with E-state index in [1.165, 1.54) is 6.07 Å². The molecule has 0 saturated heterocycles. The summed E-state index contributed by atoms with van der Waals surface area (Å²) in [5.41, 5.74) is 1.90. The maximum Gasteiger partial charge on any atom is 0.247 e. The van der Waals surface area contributed by atoms with E-state index in [9.17, 15) is 9.59 Å². The van der Waals surface area contributed by atoms with Crippen LogP contribution in [0, 0.1) is 0 Å². The third kappa shape index (κ3) is 2.25. The molecule has 4 heteroatoms. The molecule has 4 nitrogen and oxygen atoms in total. The number of methoxy groups -OCH3 is 1. The van der Waals surface area contributed by atoms with Crippen LogP contribution in [-0.2, 0) is 0 Å². The average Bonchev–Trinajstić information content (AvgIpc) is 2.39. The Bertz CT molecular complexity index is 581. The summed E-state index contributed by atoms with van der Waals surface area (Å²) in [5.74, 6) is 0.625. The van der Waals surface area contributed by atoms with Crippen molar-refractivity contribution in [1.82, 2.24) is 4.98 Å². The molecule has 1 aromatic heterocycles. The first kappa shape index (κ1) is 11.1. The number of ether oxygens (including phenoxy) is 1. The van der Waals surface area contributed by atoms with Crippen LogP contribution in [0.15, 0.2) is 41.3 Å². The zero-order valence-electron chi connectivity index (χ0n) is 9.27. The van der Waals surface area contributed by atoms with Gasteiger partial charge in [0, 0.05) is 17.8 Å². The molecule has 0 aliphatic rings. The fourth-order valence-corrected chi connectivity index (χ4v) is 1.61. The summed E-state index contributed by atoms with van der Waals surface area (Å²) in [6, 6.07) is 8.32. The molecule has 0 atom stereocenters. The summed E-state index contributed by atoms with van der Waals surface area (Å²) in [4.78, 5) is 24.5. The quantitative estimate of drug-likeness (QED) is 0.817. The lowest BCUT2D eigenvalue weighted by Crippen LogP contribution is -2.02. The van der Waals surface area contributed by atoms with Crippen LogP contribution in [0.25, 0.3) is 11.1 Å². The van der Waals surface area contributed by atoms with E-state index in [2.05, 4.69) is 4.98 Å². The number of aromatic nitrogens is 1. The van der Waals surface area contributed by atoms with Crippen molar-refractivity contribution in [3.8, 4) is 16.9 Å². The minimum atomic E-state index is -0.171. The van der Waals surface area contributed by atoms with E-state index < -0.39 is 0 Å². The van der Waals surface area contributed by atoms with Crippen molar-refractivity contribution in [3.05, 3.63) is 52.4 Å². The molecule has 1 heterocycles. The number of hydrogen-bond acceptors (Lipinski definition) is 3. The molecule has 17 heavy (non-hydrogen) atoms. The lowest BCUT2D eigenvalue weighted by Gasteiger charge is -2.06. The zero-order valence-corrected chi connectivity index (χ0v) is 9.27. The predicted molar refractivity (Wildman–Crippen MR) is 64.4 cm³/mol. The van der Waals surface area contributed by atoms with Crippen molar-refractivity contribution in [2.24, 2.45) is 0 Å². The van der Waals surface area contributed by atoms with Gasteiger partial charge < -0.3 is 9.72 Å². The summed E-state index contributed by atoms with van der Waals surface area (Å²) in [6.45, 7) is 0. The predicted octanol–water partition coefficient (Wildman–Crippen LogP) is 1.86. The molecular weight excluding hydrogens is 218 g/mol. The van der Waals surface area contributed by atoms with E-state index in [0.29, 0.717) is 11.3 Å². The van der Waals surface area contributed by atoms with Gasteiger partial charge in [-0.05, 0) is 35.4 Å². The van der Waals surface area contributed by atoms with Crippen LogP contribution in [-0.4, -0.2) is 18.4 Å². The van der Waals surface area contributed by atoms with Crippen molar-refractivity contribution in [2.75, 3.05) is 7.11 Å². The lowest BCUT2D eigenvalue weighted by atomic mass is 10.0. The van der Waals surface area contributed by atoms with E-state index >= 15 is 0 Å². The number of rotatable bonds is 3. The van der Waals surface area contributed by atoms with Gasteiger partial charge >= 0.3 is 0 Å². The number of aromatic amines is 1. The van der Waals surface area contributed by atoms with E-state index in [-0.39, 0.29) is 5.56 Å². The second-order valence-corrected chi connectivity index (χ2v) is 3.51. The van der Waals surface area contributed by atoms with Crippen LogP contribution in [0.2, 0.25) is 0 Å². The van der Waals surface area contributed by atoms with Crippen LogP contribution in [0.4, 0.5) is 0 Å². The highest BCUT2D eigenvalue weighted by molar-refractivity contribution is 5.88. The smallest absolute Gasteiger partial charge is 0.247 e. The zero-order chi connectivity index (χ0) is 12.3. The minimum absolute atomic E-state index is 0.171. The van der Waals surface area contributed by atoms with Gasteiger partial charge in [0.2, 0.25) is 5.56 Å². The topological polar surface area (TPSA) is 59.2 Å². The molecule has 1 aromatic carbocycles. The van der Waals surface area contributed by atoms with Crippen LogP contribution in [0.3, 0.4) is 0 Å². The molecule has 0 aliphatic carbocycles. The summed E-state index contributed by atoms with van der Waals surface area (Å²) < 4.78 is 5.05. The Morgan fingerprint density at radius 2 is 2.06 bits per heavy atom.